The van der Waals surface area contributed by atoms with Crippen molar-refractivity contribution in [3.05, 3.63) is 59.6 Å². The number of hydrogen-bond donors (Lipinski definition) is 1. The highest BCUT2D eigenvalue weighted by molar-refractivity contribution is 7.13. The highest BCUT2D eigenvalue weighted by atomic mass is 32.1. The Morgan fingerprint density at radius 1 is 1.20 bits per heavy atom. The fourth-order valence-corrected chi connectivity index (χ4v) is 3.17. The molecule has 0 aliphatic carbocycles. The minimum atomic E-state index is 0.00810. The van der Waals surface area contributed by atoms with Crippen molar-refractivity contribution in [2.75, 3.05) is 13.2 Å². The minimum Gasteiger partial charge on any atom is -0.468 e. The van der Waals surface area contributed by atoms with Gasteiger partial charge in [-0.15, -0.1) is 11.3 Å². The topological polar surface area (TPSA) is 60.2 Å². The van der Waals surface area contributed by atoms with Crippen LogP contribution in [0.5, 0.6) is 0 Å². The average molecular weight is 357 g/mol. The first-order valence-electron chi connectivity index (χ1n) is 8.42. The molecule has 0 spiro atoms. The van der Waals surface area contributed by atoms with Crippen molar-refractivity contribution < 1.29 is 9.15 Å². The molecule has 0 bridgehead atoms. The van der Waals surface area contributed by atoms with Crippen LogP contribution in [0.15, 0.2) is 52.6 Å². The Kier molecular flexibility index (Phi) is 6.33. The number of ether oxygens (including phenoxy) is 1. The molecule has 25 heavy (non-hydrogen) atoms. The molecule has 3 heterocycles. The molecule has 0 radical (unpaired) electrons. The van der Waals surface area contributed by atoms with Gasteiger partial charge in [-0.05, 0) is 30.2 Å². The van der Waals surface area contributed by atoms with Crippen LogP contribution in [0.3, 0.4) is 0 Å². The Hall–Kier alpha value is -2.02. The van der Waals surface area contributed by atoms with E-state index >= 15 is 0 Å². The van der Waals surface area contributed by atoms with Crippen LogP contribution >= 0.6 is 11.3 Å². The summed E-state index contributed by atoms with van der Waals surface area (Å²) in [6.45, 7) is 6.25. The van der Waals surface area contributed by atoms with Crippen molar-refractivity contribution in [1.29, 1.82) is 0 Å². The molecule has 1 N–H and O–H groups in total. The first kappa shape index (κ1) is 17.8. The monoisotopic (exact) mass is 357 g/mol. The first-order valence-corrected chi connectivity index (χ1v) is 9.30. The molecule has 3 aromatic heterocycles. The van der Waals surface area contributed by atoms with Gasteiger partial charge in [0.15, 0.2) is 0 Å². The van der Waals surface area contributed by atoms with E-state index in [1.54, 1.807) is 23.8 Å². The largest absolute Gasteiger partial charge is 0.468 e. The number of pyridine rings is 1. The molecule has 0 aromatic carbocycles. The van der Waals surface area contributed by atoms with Gasteiger partial charge in [0.1, 0.15) is 10.8 Å². The number of nitrogens with one attached hydrogen (secondary N) is 1. The standard InChI is InChI=1S/C19H23N3O2S/c1-14(2)11-23-12-17(18-7-5-9-24-18)21-10-15-13-25-19(22-15)16-6-3-4-8-20-16/h3-9,13-14,17,21H,10-12H2,1-2H3. The minimum absolute atomic E-state index is 0.00810. The lowest BCUT2D eigenvalue weighted by Gasteiger charge is -2.17. The van der Waals surface area contributed by atoms with Crippen molar-refractivity contribution in [3.8, 4) is 10.7 Å². The van der Waals surface area contributed by atoms with Crippen LogP contribution in [-0.4, -0.2) is 23.2 Å². The number of aromatic nitrogens is 2. The predicted octanol–water partition coefficient (Wildman–Crippen LogP) is 4.30. The van der Waals surface area contributed by atoms with Crippen LogP contribution in [0.2, 0.25) is 0 Å². The molecule has 0 saturated heterocycles. The molecular formula is C19H23N3O2S. The zero-order chi connectivity index (χ0) is 17.5. The van der Waals surface area contributed by atoms with E-state index in [-0.39, 0.29) is 6.04 Å². The van der Waals surface area contributed by atoms with E-state index in [0.717, 1.165) is 28.8 Å². The summed E-state index contributed by atoms with van der Waals surface area (Å²) in [7, 11) is 0. The summed E-state index contributed by atoms with van der Waals surface area (Å²) >= 11 is 1.61. The molecule has 1 unspecified atom stereocenters. The normalized spacial score (nSPS) is 12.6. The summed E-state index contributed by atoms with van der Waals surface area (Å²) in [6, 6.07) is 9.73. The van der Waals surface area contributed by atoms with E-state index in [9.17, 15) is 0 Å². The maximum Gasteiger partial charge on any atom is 0.142 e. The van der Waals surface area contributed by atoms with Crippen LogP contribution in [0.1, 0.15) is 31.3 Å². The fourth-order valence-electron chi connectivity index (χ4n) is 2.38. The Balaban J connectivity index is 1.60. The van der Waals surface area contributed by atoms with Crippen molar-refractivity contribution in [2.24, 2.45) is 5.92 Å². The molecule has 0 fully saturated rings. The van der Waals surface area contributed by atoms with Gasteiger partial charge in [0.2, 0.25) is 0 Å². The number of hydrogen-bond acceptors (Lipinski definition) is 6. The molecule has 3 rings (SSSR count). The highest BCUT2D eigenvalue weighted by Crippen LogP contribution is 2.22. The van der Waals surface area contributed by atoms with E-state index in [0.29, 0.717) is 19.1 Å². The number of rotatable bonds is 9. The van der Waals surface area contributed by atoms with Gasteiger partial charge in [-0.2, -0.15) is 0 Å². The van der Waals surface area contributed by atoms with E-state index in [2.05, 4.69) is 34.5 Å². The zero-order valence-electron chi connectivity index (χ0n) is 14.5. The molecule has 6 heteroatoms. The van der Waals surface area contributed by atoms with Crippen LogP contribution in [0, 0.1) is 5.92 Å². The molecule has 0 amide bonds. The molecule has 1 atom stereocenters. The van der Waals surface area contributed by atoms with Gasteiger partial charge in [0, 0.05) is 24.7 Å². The third-order valence-electron chi connectivity index (χ3n) is 3.59. The molecular weight excluding hydrogens is 334 g/mol. The van der Waals surface area contributed by atoms with Gasteiger partial charge in [0.05, 0.1) is 30.3 Å². The Morgan fingerprint density at radius 2 is 2.12 bits per heavy atom. The summed E-state index contributed by atoms with van der Waals surface area (Å²) in [6.07, 6.45) is 3.47. The van der Waals surface area contributed by atoms with Gasteiger partial charge >= 0.3 is 0 Å². The van der Waals surface area contributed by atoms with E-state index in [1.165, 1.54) is 0 Å². The number of furan rings is 1. The van der Waals surface area contributed by atoms with Gasteiger partial charge in [0.25, 0.3) is 0 Å². The fraction of sp³-hybridized carbons (Fsp3) is 0.368. The second-order valence-electron chi connectivity index (χ2n) is 6.24. The van der Waals surface area contributed by atoms with Gasteiger partial charge < -0.3 is 9.15 Å². The average Bonchev–Trinajstić information content (AvgIpc) is 3.30. The van der Waals surface area contributed by atoms with Crippen LogP contribution in [0.4, 0.5) is 0 Å². The van der Waals surface area contributed by atoms with Crippen LogP contribution in [-0.2, 0) is 11.3 Å². The van der Waals surface area contributed by atoms with Crippen molar-refractivity contribution >= 4 is 11.3 Å². The van der Waals surface area contributed by atoms with Crippen LogP contribution in [0.25, 0.3) is 10.7 Å². The number of thiazole rings is 1. The molecule has 132 valence electrons. The Bertz CT molecular complexity index is 741. The summed E-state index contributed by atoms with van der Waals surface area (Å²) in [5.41, 5.74) is 1.90. The van der Waals surface area contributed by atoms with E-state index < -0.39 is 0 Å². The molecule has 5 nitrogen and oxygen atoms in total. The smallest absolute Gasteiger partial charge is 0.142 e. The third-order valence-corrected chi connectivity index (χ3v) is 4.50. The lowest BCUT2D eigenvalue weighted by molar-refractivity contribution is 0.0843. The maximum atomic E-state index is 5.79. The van der Waals surface area contributed by atoms with E-state index in [1.807, 2.05) is 30.3 Å². The second kappa shape index (κ2) is 8.89. The predicted molar refractivity (Wildman–Crippen MR) is 99.3 cm³/mol. The van der Waals surface area contributed by atoms with Gasteiger partial charge in [-0.3, -0.25) is 10.3 Å². The Morgan fingerprint density at radius 3 is 2.84 bits per heavy atom. The molecule has 0 aliphatic heterocycles. The maximum absolute atomic E-state index is 5.79. The van der Waals surface area contributed by atoms with Crippen LogP contribution < -0.4 is 5.32 Å². The highest BCUT2D eigenvalue weighted by Gasteiger charge is 2.15. The zero-order valence-corrected chi connectivity index (χ0v) is 15.3. The summed E-state index contributed by atoms with van der Waals surface area (Å²) in [4.78, 5) is 9.01. The van der Waals surface area contributed by atoms with Crippen molar-refractivity contribution in [1.82, 2.24) is 15.3 Å². The van der Waals surface area contributed by atoms with Gasteiger partial charge in [-0.25, -0.2) is 4.98 Å². The van der Waals surface area contributed by atoms with E-state index in [4.69, 9.17) is 9.15 Å². The summed E-state index contributed by atoms with van der Waals surface area (Å²) in [5, 5.41) is 6.48. The van der Waals surface area contributed by atoms with Gasteiger partial charge in [-0.1, -0.05) is 19.9 Å². The lowest BCUT2D eigenvalue weighted by atomic mass is 10.2. The van der Waals surface area contributed by atoms with Crippen molar-refractivity contribution in [2.45, 2.75) is 26.4 Å². The first-order chi connectivity index (χ1) is 12.2. The SMILES string of the molecule is CC(C)COCC(NCc1csc(-c2ccccn2)n1)c1ccco1. The van der Waals surface area contributed by atoms with Crippen molar-refractivity contribution in [3.63, 3.8) is 0 Å². The number of nitrogens with zero attached hydrogens (tertiary/aromatic N) is 2. The molecule has 0 aliphatic rings. The second-order valence-corrected chi connectivity index (χ2v) is 7.10. The molecule has 3 aromatic rings. The quantitative estimate of drug-likeness (QED) is 0.619. The Labute approximate surface area is 152 Å². The summed E-state index contributed by atoms with van der Waals surface area (Å²) < 4.78 is 11.3. The summed E-state index contributed by atoms with van der Waals surface area (Å²) in [5.74, 6) is 1.39. The lowest BCUT2D eigenvalue weighted by Crippen LogP contribution is -2.25. The molecule has 0 saturated carbocycles. The third kappa shape index (κ3) is 5.22.